The molecule has 1 rings (SSSR count). The van der Waals surface area contributed by atoms with Crippen molar-refractivity contribution in [2.24, 2.45) is 17.6 Å². The van der Waals surface area contributed by atoms with Crippen molar-refractivity contribution in [1.82, 2.24) is 0 Å². The Balaban J connectivity index is 2.33. The summed E-state index contributed by atoms with van der Waals surface area (Å²) in [6.45, 7) is 4.60. The molecule has 0 bridgehead atoms. The summed E-state index contributed by atoms with van der Waals surface area (Å²) >= 11 is 0. The standard InChI is InChI=1S/C15H23NO/c1-12(2)14(11-16)15(17)10-6-9-13-7-4-3-5-8-13/h3-5,7-8,12,14H,6,9-11,16H2,1-2H3. The predicted molar refractivity (Wildman–Crippen MR) is 71.8 cm³/mol. The van der Waals surface area contributed by atoms with Gasteiger partial charge in [0.05, 0.1) is 0 Å². The highest BCUT2D eigenvalue weighted by molar-refractivity contribution is 5.81. The van der Waals surface area contributed by atoms with E-state index in [1.165, 1.54) is 5.56 Å². The minimum absolute atomic E-state index is 0.0331. The van der Waals surface area contributed by atoms with Crippen LogP contribution >= 0.6 is 0 Å². The Morgan fingerprint density at radius 3 is 2.41 bits per heavy atom. The van der Waals surface area contributed by atoms with Crippen LogP contribution in [0.4, 0.5) is 0 Å². The highest BCUT2D eigenvalue weighted by Gasteiger charge is 2.19. The molecule has 0 aromatic heterocycles. The van der Waals surface area contributed by atoms with E-state index in [0.717, 1.165) is 12.8 Å². The molecule has 1 aromatic rings. The fourth-order valence-corrected chi connectivity index (χ4v) is 2.07. The van der Waals surface area contributed by atoms with Crippen molar-refractivity contribution in [2.75, 3.05) is 6.54 Å². The molecule has 0 saturated heterocycles. The van der Waals surface area contributed by atoms with E-state index in [0.29, 0.717) is 24.7 Å². The van der Waals surface area contributed by atoms with E-state index < -0.39 is 0 Å². The summed E-state index contributed by atoms with van der Waals surface area (Å²) in [5.74, 6) is 0.702. The maximum absolute atomic E-state index is 11.9. The maximum Gasteiger partial charge on any atom is 0.137 e. The molecule has 2 nitrogen and oxygen atoms in total. The highest BCUT2D eigenvalue weighted by atomic mass is 16.1. The zero-order valence-electron chi connectivity index (χ0n) is 10.9. The number of rotatable bonds is 7. The van der Waals surface area contributed by atoms with Gasteiger partial charge in [0.25, 0.3) is 0 Å². The average molecular weight is 233 g/mol. The van der Waals surface area contributed by atoms with Gasteiger partial charge in [-0.3, -0.25) is 4.79 Å². The molecule has 0 aliphatic rings. The fourth-order valence-electron chi connectivity index (χ4n) is 2.07. The van der Waals surface area contributed by atoms with Crippen LogP contribution in [0, 0.1) is 11.8 Å². The lowest BCUT2D eigenvalue weighted by molar-refractivity contribution is -0.123. The SMILES string of the molecule is CC(C)C(CN)C(=O)CCCc1ccccc1. The number of carbonyl (C=O) groups excluding carboxylic acids is 1. The molecule has 17 heavy (non-hydrogen) atoms. The molecule has 0 spiro atoms. The average Bonchev–Trinajstić information content (AvgIpc) is 2.30. The maximum atomic E-state index is 11.9. The molecule has 1 atom stereocenters. The molecule has 94 valence electrons. The van der Waals surface area contributed by atoms with E-state index in [9.17, 15) is 4.79 Å². The summed E-state index contributed by atoms with van der Waals surface area (Å²) in [7, 11) is 0. The number of benzene rings is 1. The minimum atomic E-state index is 0.0331. The predicted octanol–water partition coefficient (Wildman–Crippen LogP) is 2.81. The topological polar surface area (TPSA) is 43.1 Å². The Hall–Kier alpha value is -1.15. The second-order valence-electron chi connectivity index (χ2n) is 4.89. The van der Waals surface area contributed by atoms with Crippen LogP contribution in [-0.4, -0.2) is 12.3 Å². The second-order valence-corrected chi connectivity index (χ2v) is 4.89. The van der Waals surface area contributed by atoms with Crippen LogP contribution < -0.4 is 5.73 Å². The van der Waals surface area contributed by atoms with E-state index in [2.05, 4.69) is 26.0 Å². The van der Waals surface area contributed by atoms with Gasteiger partial charge in [0, 0.05) is 18.9 Å². The number of ketones is 1. The first-order valence-corrected chi connectivity index (χ1v) is 6.42. The van der Waals surface area contributed by atoms with Gasteiger partial charge < -0.3 is 5.73 Å². The lowest BCUT2D eigenvalue weighted by Crippen LogP contribution is -2.28. The van der Waals surface area contributed by atoms with Gasteiger partial charge >= 0.3 is 0 Å². The first-order valence-electron chi connectivity index (χ1n) is 6.42. The van der Waals surface area contributed by atoms with Gasteiger partial charge in [0.2, 0.25) is 0 Å². The van der Waals surface area contributed by atoms with E-state index in [1.54, 1.807) is 0 Å². The van der Waals surface area contributed by atoms with Gasteiger partial charge in [-0.1, -0.05) is 44.2 Å². The fraction of sp³-hybridized carbons (Fsp3) is 0.533. The van der Waals surface area contributed by atoms with Gasteiger partial charge in [-0.2, -0.15) is 0 Å². The van der Waals surface area contributed by atoms with E-state index >= 15 is 0 Å². The molecule has 0 amide bonds. The summed E-state index contributed by atoms with van der Waals surface area (Å²) in [5.41, 5.74) is 6.94. The molecule has 0 radical (unpaired) electrons. The number of aryl methyl sites for hydroxylation is 1. The van der Waals surface area contributed by atoms with Crippen LogP contribution in [0.2, 0.25) is 0 Å². The normalized spacial score (nSPS) is 12.7. The number of Topliss-reactive ketones (excluding diaryl/α,β-unsaturated/α-hetero) is 1. The highest BCUT2D eigenvalue weighted by Crippen LogP contribution is 2.14. The second kappa shape index (κ2) is 7.23. The van der Waals surface area contributed by atoms with Gasteiger partial charge in [-0.15, -0.1) is 0 Å². The molecule has 1 aromatic carbocycles. The quantitative estimate of drug-likeness (QED) is 0.787. The van der Waals surface area contributed by atoms with Crippen molar-refractivity contribution in [1.29, 1.82) is 0 Å². The number of hydrogen-bond donors (Lipinski definition) is 1. The molecule has 0 saturated carbocycles. The van der Waals surface area contributed by atoms with Crippen molar-refractivity contribution in [3.8, 4) is 0 Å². The third kappa shape index (κ3) is 4.70. The van der Waals surface area contributed by atoms with Gasteiger partial charge in [-0.05, 0) is 24.3 Å². The molecule has 0 aliphatic heterocycles. The molecular weight excluding hydrogens is 210 g/mol. The molecule has 2 heteroatoms. The van der Waals surface area contributed by atoms with Gasteiger partial charge in [0.15, 0.2) is 0 Å². The van der Waals surface area contributed by atoms with E-state index in [4.69, 9.17) is 5.73 Å². The van der Waals surface area contributed by atoms with Crippen LogP contribution in [0.25, 0.3) is 0 Å². The number of nitrogens with two attached hydrogens (primary N) is 1. The van der Waals surface area contributed by atoms with Crippen LogP contribution in [-0.2, 0) is 11.2 Å². The van der Waals surface area contributed by atoms with Gasteiger partial charge in [-0.25, -0.2) is 0 Å². The Bertz CT molecular complexity index is 332. The summed E-state index contributed by atoms with van der Waals surface area (Å²) in [4.78, 5) is 11.9. The van der Waals surface area contributed by atoms with Crippen molar-refractivity contribution in [3.63, 3.8) is 0 Å². The lowest BCUT2D eigenvalue weighted by Gasteiger charge is -2.17. The molecule has 1 unspecified atom stereocenters. The van der Waals surface area contributed by atoms with Crippen molar-refractivity contribution in [2.45, 2.75) is 33.1 Å². The first-order chi connectivity index (χ1) is 8.15. The number of hydrogen-bond acceptors (Lipinski definition) is 2. The Labute approximate surface area is 104 Å². The van der Waals surface area contributed by atoms with Gasteiger partial charge in [0.1, 0.15) is 5.78 Å². The summed E-state index contributed by atoms with van der Waals surface area (Å²) in [6, 6.07) is 10.3. The number of carbonyl (C=O) groups is 1. The zero-order valence-corrected chi connectivity index (χ0v) is 10.9. The first kappa shape index (κ1) is 13.9. The molecular formula is C15H23NO. The Morgan fingerprint density at radius 2 is 1.88 bits per heavy atom. The Kier molecular flexibility index (Phi) is 5.92. The third-order valence-corrected chi connectivity index (χ3v) is 3.20. The smallest absolute Gasteiger partial charge is 0.137 e. The molecule has 0 fully saturated rings. The largest absolute Gasteiger partial charge is 0.330 e. The van der Waals surface area contributed by atoms with Crippen LogP contribution in [0.3, 0.4) is 0 Å². The van der Waals surface area contributed by atoms with Crippen molar-refractivity contribution in [3.05, 3.63) is 35.9 Å². The molecule has 0 heterocycles. The van der Waals surface area contributed by atoms with Crippen LogP contribution in [0.15, 0.2) is 30.3 Å². The van der Waals surface area contributed by atoms with Crippen molar-refractivity contribution >= 4 is 5.78 Å². The lowest BCUT2D eigenvalue weighted by atomic mass is 9.89. The van der Waals surface area contributed by atoms with Crippen LogP contribution in [0.5, 0.6) is 0 Å². The van der Waals surface area contributed by atoms with E-state index in [1.807, 2.05) is 18.2 Å². The molecule has 0 aliphatic carbocycles. The molecule has 2 N–H and O–H groups in total. The summed E-state index contributed by atoms with van der Waals surface area (Å²) in [6.07, 6.45) is 2.54. The summed E-state index contributed by atoms with van der Waals surface area (Å²) < 4.78 is 0. The summed E-state index contributed by atoms with van der Waals surface area (Å²) in [5, 5.41) is 0. The van der Waals surface area contributed by atoms with Crippen molar-refractivity contribution < 1.29 is 4.79 Å². The monoisotopic (exact) mass is 233 g/mol. The zero-order chi connectivity index (χ0) is 12.7. The van der Waals surface area contributed by atoms with E-state index in [-0.39, 0.29) is 5.92 Å². The third-order valence-electron chi connectivity index (χ3n) is 3.20. The minimum Gasteiger partial charge on any atom is -0.330 e. The Morgan fingerprint density at radius 1 is 1.24 bits per heavy atom. The van der Waals surface area contributed by atoms with Crippen LogP contribution in [0.1, 0.15) is 32.3 Å².